The molecular weight excluding hydrogens is 348 g/mol. The molecule has 3 rings (SSSR count). The second-order valence-electron chi connectivity index (χ2n) is 5.38. The van der Waals surface area contributed by atoms with Gasteiger partial charge in [-0.3, -0.25) is 4.57 Å². The molecule has 0 fully saturated rings. The Kier molecular flexibility index (Phi) is 4.80. The molecule has 0 unspecified atom stereocenters. The Labute approximate surface area is 143 Å². The third kappa shape index (κ3) is 3.68. The van der Waals surface area contributed by atoms with Gasteiger partial charge in [-0.2, -0.15) is 14.4 Å². The normalized spacial score (nSPS) is 12.0. The number of fused-ring (bicyclic) bond motifs is 1. The highest BCUT2D eigenvalue weighted by Crippen LogP contribution is 2.49. The lowest BCUT2D eigenvalue weighted by molar-refractivity contribution is 0.275. The Bertz CT molecular complexity index is 953. The Morgan fingerprint density at radius 3 is 2.68 bits per heavy atom. The van der Waals surface area contributed by atoms with E-state index in [1.807, 2.05) is 24.3 Å². The van der Waals surface area contributed by atoms with Crippen LogP contribution >= 0.6 is 7.60 Å². The average Bonchev–Trinajstić information content (AvgIpc) is 2.98. The van der Waals surface area contributed by atoms with E-state index in [0.29, 0.717) is 17.7 Å². The molecule has 0 atom stereocenters. The van der Waals surface area contributed by atoms with Gasteiger partial charge in [0.15, 0.2) is 11.5 Å². The van der Waals surface area contributed by atoms with E-state index in [4.69, 9.17) is 14.8 Å². The van der Waals surface area contributed by atoms with Crippen molar-refractivity contribution in [2.45, 2.75) is 12.7 Å². The zero-order valence-corrected chi connectivity index (χ0v) is 14.6. The zero-order chi connectivity index (χ0) is 18.0. The van der Waals surface area contributed by atoms with E-state index in [-0.39, 0.29) is 12.0 Å². The highest BCUT2D eigenvalue weighted by Gasteiger charge is 2.21. The first-order valence-corrected chi connectivity index (χ1v) is 9.09. The predicted molar refractivity (Wildman–Crippen MR) is 90.6 cm³/mol. The Hall–Kier alpha value is -2.35. The zero-order valence-electron chi connectivity index (χ0n) is 13.7. The SMILES string of the molecule is COP(=O)(Cc1cccc(Cn2cnc3c(N)nc(F)nc32)c1)OC. The molecule has 0 radical (unpaired) electrons. The number of benzene rings is 1. The Morgan fingerprint density at radius 1 is 1.24 bits per heavy atom. The predicted octanol–water partition coefficient (Wildman–Crippen LogP) is 2.58. The van der Waals surface area contributed by atoms with Gasteiger partial charge in [-0.25, -0.2) is 4.98 Å². The third-order valence-electron chi connectivity index (χ3n) is 3.74. The van der Waals surface area contributed by atoms with Crippen molar-refractivity contribution in [2.24, 2.45) is 0 Å². The van der Waals surface area contributed by atoms with Crippen molar-refractivity contribution in [3.8, 4) is 0 Å². The van der Waals surface area contributed by atoms with Gasteiger partial charge in [-0.15, -0.1) is 0 Å². The topological polar surface area (TPSA) is 105 Å². The van der Waals surface area contributed by atoms with Gasteiger partial charge in [-0.1, -0.05) is 24.3 Å². The molecule has 3 aromatic rings. The van der Waals surface area contributed by atoms with E-state index >= 15 is 0 Å². The quantitative estimate of drug-likeness (QED) is 0.529. The molecular formula is C15H17FN5O3P. The van der Waals surface area contributed by atoms with Crippen molar-refractivity contribution in [2.75, 3.05) is 20.0 Å². The van der Waals surface area contributed by atoms with E-state index in [0.717, 1.165) is 11.1 Å². The number of anilines is 1. The smallest absolute Gasteiger partial charge is 0.334 e. The summed E-state index contributed by atoms with van der Waals surface area (Å²) >= 11 is 0. The molecule has 0 bridgehead atoms. The molecule has 0 aliphatic carbocycles. The molecule has 0 amide bonds. The first kappa shape index (κ1) is 17.5. The van der Waals surface area contributed by atoms with Crippen LogP contribution in [-0.4, -0.2) is 33.7 Å². The minimum absolute atomic E-state index is 0.00358. The summed E-state index contributed by atoms with van der Waals surface area (Å²) in [5.74, 6) is -0.00358. The van der Waals surface area contributed by atoms with E-state index in [1.165, 1.54) is 20.5 Å². The Morgan fingerprint density at radius 2 is 1.96 bits per heavy atom. The van der Waals surface area contributed by atoms with Crippen LogP contribution in [0.3, 0.4) is 0 Å². The number of imidazole rings is 1. The van der Waals surface area contributed by atoms with Crippen molar-refractivity contribution in [3.63, 3.8) is 0 Å². The first-order valence-electron chi connectivity index (χ1n) is 7.36. The molecule has 0 aliphatic rings. The van der Waals surface area contributed by atoms with Crippen LogP contribution in [0.25, 0.3) is 11.2 Å². The molecule has 2 heterocycles. The molecule has 132 valence electrons. The molecule has 1 aromatic carbocycles. The van der Waals surface area contributed by atoms with Gasteiger partial charge >= 0.3 is 13.7 Å². The number of nitrogens with two attached hydrogens (primary N) is 1. The third-order valence-corrected chi connectivity index (χ3v) is 5.61. The fourth-order valence-electron chi connectivity index (χ4n) is 2.50. The van der Waals surface area contributed by atoms with Crippen molar-refractivity contribution in [1.29, 1.82) is 0 Å². The van der Waals surface area contributed by atoms with Crippen molar-refractivity contribution in [3.05, 3.63) is 47.8 Å². The van der Waals surface area contributed by atoms with Crippen LogP contribution in [0, 0.1) is 6.08 Å². The number of aromatic nitrogens is 4. The lowest BCUT2D eigenvalue weighted by Crippen LogP contribution is -2.03. The first-order chi connectivity index (χ1) is 11.9. The van der Waals surface area contributed by atoms with Gasteiger partial charge in [0.25, 0.3) is 0 Å². The van der Waals surface area contributed by atoms with E-state index in [1.54, 1.807) is 4.57 Å². The summed E-state index contributed by atoms with van der Waals surface area (Å²) in [5, 5.41) is 0. The summed E-state index contributed by atoms with van der Waals surface area (Å²) in [6.07, 6.45) is 0.779. The molecule has 25 heavy (non-hydrogen) atoms. The standard InChI is InChI=1S/C15H17FN5O3P/c1-23-25(22,24-2)8-11-5-3-4-10(6-11)7-21-9-18-12-13(17)19-15(16)20-14(12)21/h3-6,9H,7-8H2,1-2H3,(H2,17,19,20). The average molecular weight is 365 g/mol. The van der Waals surface area contributed by atoms with Crippen molar-refractivity contribution in [1.82, 2.24) is 19.5 Å². The maximum Gasteiger partial charge on any atom is 0.334 e. The molecule has 0 saturated carbocycles. The van der Waals surface area contributed by atoms with Gasteiger partial charge in [-0.05, 0) is 11.1 Å². The summed E-state index contributed by atoms with van der Waals surface area (Å²) in [4.78, 5) is 11.3. The van der Waals surface area contributed by atoms with E-state index in [2.05, 4.69) is 15.0 Å². The van der Waals surface area contributed by atoms with Crippen LogP contribution in [0.2, 0.25) is 0 Å². The number of nitrogen functional groups attached to an aromatic ring is 1. The highest BCUT2D eigenvalue weighted by atomic mass is 31.2. The minimum atomic E-state index is -3.15. The van der Waals surface area contributed by atoms with Gasteiger partial charge in [0.2, 0.25) is 0 Å². The van der Waals surface area contributed by atoms with E-state index in [9.17, 15) is 8.96 Å². The summed E-state index contributed by atoms with van der Waals surface area (Å²) in [5.41, 5.74) is 8.02. The van der Waals surface area contributed by atoms with Crippen molar-refractivity contribution < 1.29 is 18.0 Å². The molecule has 2 N–H and O–H groups in total. The van der Waals surface area contributed by atoms with Crippen LogP contribution in [0.5, 0.6) is 0 Å². The molecule has 10 heteroatoms. The van der Waals surface area contributed by atoms with Gasteiger partial charge in [0, 0.05) is 14.2 Å². The maximum absolute atomic E-state index is 13.4. The Balaban J connectivity index is 1.89. The van der Waals surface area contributed by atoms with Crippen LogP contribution in [-0.2, 0) is 26.3 Å². The largest absolute Gasteiger partial charge is 0.382 e. The number of nitrogens with zero attached hydrogens (tertiary/aromatic N) is 4. The monoisotopic (exact) mass is 365 g/mol. The van der Waals surface area contributed by atoms with Gasteiger partial charge < -0.3 is 19.3 Å². The second kappa shape index (κ2) is 6.87. The summed E-state index contributed by atoms with van der Waals surface area (Å²) < 4.78 is 37.3. The molecule has 0 aliphatic heterocycles. The maximum atomic E-state index is 13.4. The van der Waals surface area contributed by atoms with Gasteiger partial charge in [0.1, 0.15) is 5.52 Å². The second-order valence-corrected chi connectivity index (χ2v) is 7.65. The van der Waals surface area contributed by atoms with Gasteiger partial charge in [0.05, 0.1) is 19.0 Å². The summed E-state index contributed by atoms with van der Waals surface area (Å²) in [6.45, 7) is 0.393. The highest BCUT2D eigenvalue weighted by molar-refractivity contribution is 7.52. The summed E-state index contributed by atoms with van der Waals surface area (Å²) in [6, 6.07) is 7.43. The molecule has 0 saturated heterocycles. The van der Waals surface area contributed by atoms with Crippen LogP contribution in [0.4, 0.5) is 10.2 Å². The molecule has 2 aromatic heterocycles. The molecule has 0 spiro atoms. The van der Waals surface area contributed by atoms with Crippen LogP contribution in [0.1, 0.15) is 11.1 Å². The number of rotatable bonds is 6. The van der Waals surface area contributed by atoms with Crippen LogP contribution in [0.15, 0.2) is 30.6 Å². The fraction of sp³-hybridized carbons (Fsp3) is 0.267. The lowest BCUT2D eigenvalue weighted by Gasteiger charge is -2.14. The van der Waals surface area contributed by atoms with Crippen LogP contribution < -0.4 is 5.73 Å². The van der Waals surface area contributed by atoms with E-state index < -0.39 is 13.7 Å². The number of halogens is 1. The molecule has 8 nitrogen and oxygen atoms in total. The fourth-order valence-corrected chi connectivity index (χ4v) is 3.56. The number of hydrogen-bond donors (Lipinski definition) is 1. The van der Waals surface area contributed by atoms with Crippen molar-refractivity contribution >= 4 is 24.6 Å². The lowest BCUT2D eigenvalue weighted by atomic mass is 10.1. The minimum Gasteiger partial charge on any atom is -0.382 e. The summed E-state index contributed by atoms with van der Waals surface area (Å²) in [7, 11) is -0.448. The number of hydrogen-bond acceptors (Lipinski definition) is 7.